The predicted molar refractivity (Wildman–Crippen MR) is 113 cm³/mol. The zero-order valence-electron chi connectivity index (χ0n) is 16.7. The summed E-state index contributed by atoms with van der Waals surface area (Å²) < 4.78 is 7.43. The van der Waals surface area contributed by atoms with Crippen molar-refractivity contribution in [1.82, 2.24) is 20.1 Å². The Morgan fingerprint density at radius 2 is 2.07 bits per heavy atom. The van der Waals surface area contributed by atoms with Gasteiger partial charge in [0, 0.05) is 47.8 Å². The van der Waals surface area contributed by atoms with Crippen LogP contribution < -0.4 is 5.32 Å². The average Bonchev–Trinajstić information content (AvgIpc) is 3.16. The first-order valence-corrected chi connectivity index (χ1v) is 10.3. The fourth-order valence-electron chi connectivity index (χ4n) is 3.94. The Morgan fingerprint density at radius 3 is 2.79 bits per heavy atom. The van der Waals surface area contributed by atoms with E-state index in [1.54, 1.807) is 12.4 Å². The molecule has 1 amide bonds. The number of aromatic nitrogens is 3. The Hall–Kier alpha value is -2.44. The summed E-state index contributed by atoms with van der Waals surface area (Å²) in [5, 5.41) is 9.05. The van der Waals surface area contributed by atoms with Gasteiger partial charge in [-0.15, -0.1) is 0 Å². The lowest BCUT2D eigenvalue weighted by molar-refractivity contribution is 0.0487. The summed E-state index contributed by atoms with van der Waals surface area (Å²) in [5.41, 5.74) is 2.28. The van der Waals surface area contributed by atoms with Crippen LogP contribution in [0.2, 0.25) is 5.02 Å². The number of nitrogens with zero attached hydrogens (tertiary/aromatic N) is 3. The molecule has 6 nitrogen and oxygen atoms in total. The lowest BCUT2D eigenvalue weighted by atomic mass is 9.74. The average molecular weight is 413 g/mol. The summed E-state index contributed by atoms with van der Waals surface area (Å²) in [4.78, 5) is 17.3. The van der Waals surface area contributed by atoms with Crippen molar-refractivity contribution in [2.24, 2.45) is 0 Å². The highest BCUT2D eigenvalue weighted by atomic mass is 35.5. The third-order valence-corrected chi connectivity index (χ3v) is 5.89. The number of ether oxygens (including phenoxy) is 1. The molecule has 0 spiro atoms. The predicted octanol–water partition coefficient (Wildman–Crippen LogP) is 4.14. The fraction of sp³-hybridized carbons (Fsp3) is 0.409. The lowest BCUT2D eigenvalue weighted by Gasteiger charge is -2.38. The Morgan fingerprint density at radius 1 is 1.28 bits per heavy atom. The molecule has 1 N–H and O–H groups in total. The van der Waals surface area contributed by atoms with Gasteiger partial charge in [-0.2, -0.15) is 5.10 Å². The second-order valence-corrected chi connectivity index (χ2v) is 8.34. The van der Waals surface area contributed by atoms with Gasteiger partial charge in [0.1, 0.15) is 0 Å². The van der Waals surface area contributed by atoms with Crippen LogP contribution >= 0.6 is 11.6 Å². The highest BCUT2D eigenvalue weighted by Crippen LogP contribution is 2.35. The van der Waals surface area contributed by atoms with E-state index < -0.39 is 0 Å². The summed E-state index contributed by atoms with van der Waals surface area (Å²) in [6.07, 6.45) is 5.05. The fourth-order valence-corrected chi connectivity index (χ4v) is 4.13. The zero-order valence-corrected chi connectivity index (χ0v) is 17.4. The number of carbonyl (C=O) groups excluding carboxylic acids is 1. The van der Waals surface area contributed by atoms with Crippen LogP contribution in [-0.2, 0) is 10.2 Å². The maximum Gasteiger partial charge on any atom is 0.252 e. The van der Waals surface area contributed by atoms with Gasteiger partial charge in [0.25, 0.3) is 5.91 Å². The number of carbonyl (C=O) groups is 1. The number of fused-ring (bicyclic) bond motifs is 1. The molecule has 4 rings (SSSR count). The largest absolute Gasteiger partial charge is 0.381 e. The third kappa shape index (κ3) is 4.00. The van der Waals surface area contributed by atoms with Crippen molar-refractivity contribution in [3.8, 4) is 0 Å². The molecule has 152 valence electrons. The van der Waals surface area contributed by atoms with Gasteiger partial charge in [0.15, 0.2) is 5.65 Å². The molecular weight excluding hydrogens is 388 g/mol. The number of halogens is 1. The van der Waals surface area contributed by atoms with Gasteiger partial charge in [-0.3, -0.25) is 4.79 Å². The quantitative estimate of drug-likeness (QED) is 0.683. The van der Waals surface area contributed by atoms with E-state index in [-0.39, 0.29) is 17.4 Å². The van der Waals surface area contributed by atoms with Crippen molar-refractivity contribution in [3.63, 3.8) is 0 Å². The molecule has 2 aromatic heterocycles. The van der Waals surface area contributed by atoms with Gasteiger partial charge >= 0.3 is 0 Å². The molecule has 7 heteroatoms. The van der Waals surface area contributed by atoms with Crippen molar-refractivity contribution in [2.75, 3.05) is 19.8 Å². The molecule has 0 unspecified atom stereocenters. The molecule has 29 heavy (non-hydrogen) atoms. The first-order chi connectivity index (χ1) is 14.0. The minimum atomic E-state index is -0.182. The lowest BCUT2D eigenvalue weighted by Crippen LogP contribution is -2.44. The van der Waals surface area contributed by atoms with Crippen LogP contribution in [0, 0.1) is 0 Å². The van der Waals surface area contributed by atoms with Crippen LogP contribution in [0.25, 0.3) is 11.0 Å². The van der Waals surface area contributed by atoms with E-state index >= 15 is 0 Å². The number of pyridine rings is 1. The third-order valence-electron chi connectivity index (χ3n) is 5.66. The van der Waals surface area contributed by atoms with E-state index in [0.29, 0.717) is 30.3 Å². The number of hydrogen-bond acceptors (Lipinski definition) is 4. The van der Waals surface area contributed by atoms with Crippen LogP contribution in [0.4, 0.5) is 0 Å². The minimum Gasteiger partial charge on any atom is -0.381 e. The molecule has 1 saturated heterocycles. The molecule has 1 aliphatic rings. The summed E-state index contributed by atoms with van der Waals surface area (Å²) in [7, 11) is 0. The van der Waals surface area contributed by atoms with E-state index in [2.05, 4.69) is 35.3 Å². The highest BCUT2D eigenvalue weighted by molar-refractivity contribution is 6.30. The minimum absolute atomic E-state index is 0.135. The first kappa shape index (κ1) is 19.9. The molecule has 3 aromatic rings. The monoisotopic (exact) mass is 412 g/mol. The molecule has 0 atom stereocenters. The van der Waals surface area contributed by atoms with Gasteiger partial charge in [-0.25, -0.2) is 9.67 Å². The summed E-state index contributed by atoms with van der Waals surface area (Å²) in [5.74, 6) is -0.135. The van der Waals surface area contributed by atoms with Gasteiger partial charge in [0.05, 0.1) is 11.8 Å². The van der Waals surface area contributed by atoms with Crippen LogP contribution in [0.3, 0.4) is 0 Å². The Labute approximate surface area is 175 Å². The van der Waals surface area contributed by atoms with E-state index in [1.165, 1.54) is 0 Å². The van der Waals surface area contributed by atoms with E-state index in [1.807, 2.05) is 28.9 Å². The van der Waals surface area contributed by atoms with Crippen molar-refractivity contribution in [2.45, 2.75) is 38.1 Å². The molecule has 0 aliphatic carbocycles. The topological polar surface area (TPSA) is 69.0 Å². The van der Waals surface area contributed by atoms with Crippen LogP contribution in [0.1, 0.15) is 48.7 Å². The Bertz CT molecular complexity index is 1020. The molecule has 0 radical (unpaired) electrons. The second-order valence-electron chi connectivity index (χ2n) is 7.91. The molecular formula is C22H25ClN4O2. The maximum absolute atomic E-state index is 12.9. The van der Waals surface area contributed by atoms with Crippen molar-refractivity contribution in [3.05, 3.63) is 58.9 Å². The summed E-state index contributed by atoms with van der Waals surface area (Å²) in [6.45, 7) is 5.98. The zero-order chi connectivity index (χ0) is 20.4. The van der Waals surface area contributed by atoms with E-state index in [0.717, 1.165) is 29.4 Å². The molecule has 1 aromatic carbocycles. The normalized spacial score (nSPS) is 16.3. The number of rotatable bonds is 5. The van der Waals surface area contributed by atoms with Crippen molar-refractivity contribution >= 4 is 28.5 Å². The number of hydrogen-bond donors (Lipinski definition) is 1. The van der Waals surface area contributed by atoms with Gasteiger partial charge in [0.2, 0.25) is 0 Å². The number of amides is 1. The summed E-state index contributed by atoms with van der Waals surface area (Å²) >= 11 is 6.23. The maximum atomic E-state index is 12.9. The van der Waals surface area contributed by atoms with Gasteiger partial charge < -0.3 is 10.1 Å². The second kappa shape index (κ2) is 8.13. The number of benzene rings is 1. The van der Waals surface area contributed by atoms with E-state index in [9.17, 15) is 4.79 Å². The van der Waals surface area contributed by atoms with Crippen LogP contribution in [-0.4, -0.2) is 40.4 Å². The number of nitrogens with one attached hydrogen (secondary N) is 1. The first-order valence-electron chi connectivity index (χ1n) is 9.94. The molecule has 1 fully saturated rings. The van der Waals surface area contributed by atoms with Crippen LogP contribution in [0.5, 0.6) is 0 Å². The van der Waals surface area contributed by atoms with Gasteiger partial charge in [-0.1, -0.05) is 23.7 Å². The van der Waals surface area contributed by atoms with Crippen molar-refractivity contribution in [1.29, 1.82) is 0 Å². The van der Waals surface area contributed by atoms with Crippen molar-refractivity contribution < 1.29 is 9.53 Å². The van der Waals surface area contributed by atoms with Crippen LogP contribution in [0.15, 0.2) is 42.7 Å². The Balaban J connectivity index is 1.54. The molecule has 1 aliphatic heterocycles. The molecule has 0 bridgehead atoms. The SMILES string of the molecule is CC(C)n1ncc2cc(C(=O)NCC3(c4cccc(Cl)c4)CCOCC3)cnc21. The standard InChI is InChI=1S/C22H25ClN4O2/c1-15(2)27-20-16(13-26-27)10-17(12-24-20)21(28)25-14-22(6-8-29-9-7-22)18-4-3-5-19(23)11-18/h3-5,10-13,15H,6-9,14H2,1-2H3,(H,25,28). The Kier molecular flexibility index (Phi) is 5.56. The molecule has 0 saturated carbocycles. The summed E-state index contributed by atoms with van der Waals surface area (Å²) in [6, 6.07) is 9.96. The van der Waals surface area contributed by atoms with E-state index in [4.69, 9.17) is 16.3 Å². The van der Waals surface area contributed by atoms with Gasteiger partial charge in [-0.05, 0) is 50.5 Å². The highest BCUT2D eigenvalue weighted by Gasteiger charge is 2.35. The smallest absolute Gasteiger partial charge is 0.252 e. The molecule has 3 heterocycles.